The normalized spacial score (nSPS) is 10.8. The van der Waals surface area contributed by atoms with Crippen molar-refractivity contribution in [3.63, 3.8) is 0 Å². The molecule has 0 fully saturated rings. The third-order valence-corrected chi connectivity index (χ3v) is 2.56. The summed E-state index contributed by atoms with van der Waals surface area (Å²) in [7, 11) is 1.24. The van der Waals surface area contributed by atoms with Gasteiger partial charge in [0.1, 0.15) is 11.5 Å². The predicted octanol–water partition coefficient (Wildman–Crippen LogP) is 2.59. The van der Waals surface area contributed by atoms with E-state index in [0.29, 0.717) is 17.1 Å². The number of furan rings is 1. The van der Waals surface area contributed by atoms with Gasteiger partial charge in [-0.25, -0.2) is 15.0 Å². The summed E-state index contributed by atoms with van der Waals surface area (Å²) in [6.07, 6.45) is 5.00. The number of amides is 1. The molecule has 0 atom stereocenters. The first-order chi connectivity index (χ1) is 11.2. The molecule has 1 amide bonds. The second-order valence-corrected chi connectivity index (χ2v) is 4.20. The van der Waals surface area contributed by atoms with Crippen molar-refractivity contribution in [1.29, 1.82) is 0 Å². The molecule has 0 unspecified atom stereocenters. The SMILES string of the molecule is COC(=O)N/N=C/c1cccc(OC(=O)/C=C/c2ccco2)c1. The number of carbonyl (C=O) groups excluding carboxylic acids is 2. The minimum atomic E-state index is -0.674. The van der Waals surface area contributed by atoms with Gasteiger partial charge >= 0.3 is 12.1 Å². The van der Waals surface area contributed by atoms with Crippen LogP contribution in [0, 0.1) is 0 Å². The fourth-order valence-corrected chi connectivity index (χ4v) is 1.55. The first kappa shape index (κ1) is 16.0. The van der Waals surface area contributed by atoms with E-state index in [-0.39, 0.29) is 0 Å². The van der Waals surface area contributed by atoms with Crippen molar-refractivity contribution in [2.45, 2.75) is 0 Å². The van der Waals surface area contributed by atoms with Crippen LogP contribution in [0.1, 0.15) is 11.3 Å². The smallest absolute Gasteiger partial charge is 0.427 e. The topological polar surface area (TPSA) is 90.1 Å². The zero-order valence-corrected chi connectivity index (χ0v) is 12.3. The highest BCUT2D eigenvalue weighted by molar-refractivity contribution is 5.88. The Morgan fingerprint density at radius 3 is 2.87 bits per heavy atom. The van der Waals surface area contributed by atoms with Gasteiger partial charge in [0.2, 0.25) is 0 Å². The number of rotatable bonds is 5. The van der Waals surface area contributed by atoms with Crippen molar-refractivity contribution in [3.05, 3.63) is 60.1 Å². The number of benzene rings is 1. The Morgan fingerprint density at radius 1 is 1.26 bits per heavy atom. The zero-order valence-electron chi connectivity index (χ0n) is 12.3. The Labute approximate surface area is 132 Å². The van der Waals surface area contributed by atoms with Crippen LogP contribution in [0.4, 0.5) is 4.79 Å². The predicted molar refractivity (Wildman–Crippen MR) is 83.0 cm³/mol. The molecule has 1 aromatic heterocycles. The van der Waals surface area contributed by atoms with Gasteiger partial charge in [-0.1, -0.05) is 12.1 Å². The van der Waals surface area contributed by atoms with Gasteiger partial charge in [0.25, 0.3) is 0 Å². The van der Waals surface area contributed by atoms with Gasteiger partial charge in [-0.15, -0.1) is 0 Å². The lowest BCUT2D eigenvalue weighted by Gasteiger charge is -2.02. The van der Waals surface area contributed by atoms with Gasteiger partial charge in [-0.2, -0.15) is 5.10 Å². The molecule has 2 aromatic rings. The van der Waals surface area contributed by atoms with Crippen LogP contribution in [-0.4, -0.2) is 25.4 Å². The number of hydrogen-bond donors (Lipinski definition) is 1. The van der Waals surface area contributed by atoms with E-state index >= 15 is 0 Å². The average molecular weight is 314 g/mol. The van der Waals surface area contributed by atoms with Crippen LogP contribution < -0.4 is 10.2 Å². The van der Waals surface area contributed by atoms with Crippen LogP contribution in [0.5, 0.6) is 5.75 Å². The van der Waals surface area contributed by atoms with Crippen LogP contribution >= 0.6 is 0 Å². The molecule has 0 aliphatic heterocycles. The highest BCUT2D eigenvalue weighted by Crippen LogP contribution is 2.13. The molecule has 1 heterocycles. The molecule has 0 radical (unpaired) electrons. The maximum atomic E-state index is 11.7. The molecular weight excluding hydrogens is 300 g/mol. The molecule has 7 heteroatoms. The minimum Gasteiger partial charge on any atom is -0.465 e. The van der Waals surface area contributed by atoms with Crippen molar-refractivity contribution in [1.82, 2.24) is 5.43 Å². The van der Waals surface area contributed by atoms with E-state index in [2.05, 4.69) is 15.3 Å². The third-order valence-electron chi connectivity index (χ3n) is 2.56. The number of hydrazone groups is 1. The van der Waals surface area contributed by atoms with Gasteiger partial charge in [0.15, 0.2) is 0 Å². The summed E-state index contributed by atoms with van der Waals surface area (Å²) in [6.45, 7) is 0. The lowest BCUT2D eigenvalue weighted by Crippen LogP contribution is -2.16. The third kappa shape index (κ3) is 5.50. The number of methoxy groups -OCH3 is 1. The van der Waals surface area contributed by atoms with Crippen molar-refractivity contribution in [2.24, 2.45) is 5.10 Å². The second-order valence-electron chi connectivity index (χ2n) is 4.20. The van der Waals surface area contributed by atoms with E-state index in [0.717, 1.165) is 0 Å². The lowest BCUT2D eigenvalue weighted by molar-refractivity contribution is -0.128. The van der Waals surface area contributed by atoms with Crippen LogP contribution in [0.15, 0.2) is 58.3 Å². The van der Waals surface area contributed by atoms with E-state index < -0.39 is 12.1 Å². The molecular formula is C16H14N2O5. The van der Waals surface area contributed by atoms with Gasteiger partial charge in [0.05, 0.1) is 19.6 Å². The quantitative estimate of drug-likeness (QED) is 0.301. The molecule has 0 aliphatic carbocycles. The summed E-state index contributed by atoms with van der Waals surface area (Å²) >= 11 is 0. The number of nitrogens with zero attached hydrogens (tertiary/aromatic N) is 1. The van der Waals surface area contributed by atoms with Gasteiger partial charge in [-0.3, -0.25) is 0 Å². The van der Waals surface area contributed by atoms with E-state index in [4.69, 9.17) is 9.15 Å². The van der Waals surface area contributed by atoms with Crippen molar-refractivity contribution in [3.8, 4) is 5.75 Å². The molecule has 0 spiro atoms. The molecule has 7 nitrogen and oxygen atoms in total. The van der Waals surface area contributed by atoms with Crippen molar-refractivity contribution < 1.29 is 23.5 Å². The summed E-state index contributed by atoms with van der Waals surface area (Å²) < 4.78 is 14.6. The Balaban J connectivity index is 1.94. The van der Waals surface area contributed by atoms with E-state index in [1.54, 1.807) is 36.4 Å². The van der Waals surface area contributed by atoms with Crippen LogP contribution in [0.25, 0.3) is 6.08 Å². The Hall–Kier alpha value is -3.35. The Kier molecular flexibility index (Phi) is 5.70. The summed E-state index contributed by atoms with van der Waals surface area (Å²) in [5, 5.41) is 3.69. The highest BCUT2D eigenvalue weighted by Gasteiger charge is 2.02. The summed E-state index contributed by atoms with van der Waals surface area (Å²) in [5.41, 5.74) is 2.80. The Bertz CT molecular complexity index is 720. The number of ether oxygens (including phenoxy) is 2. The van der Waals surface area contributed by atoms with Crippen LogP contribution in [0.3, 0.4) is 0 Å². The molecule has 0 saturated carbocycles. The van der Waals surface area contributed by atoms with Crippen LogP contribution in [0.2, 0.25) is 0 Å². The van der Waals surface area contributed by atoms with Gasteiger partial charge < -0.3 is 13.9 Å². The average Bonchev–Trinajstić information content (AvgIpc) is 3.06. The Morgan fingerprint density at radius 2 is 2.13 bits per heavy atom. The van der Waals surface area contributed by atoms with E-state index in [9.17, 15) is 9.59 Å². The standard InChI is InChI=1S/C16H14N2O5/c1-21-16(20)18-17-11-12-4-2-5-14(10-12)23-15(19)8-7-13-6-3-9-22-13/h2-11H,1H3,(H,18,20)/b8-7+,17-11+. The summed E-state index contributed by atoms with van der Waals surface area (Å²) in [4.78, 5) is 22.6. The zero-order chi connectivity index (χ0) is 16.5. The number of nitrogens with one attached hydrogen (secondary N) is 1. The monoisotopic (exact) mass is 314 g/mol. The molecule has 0 bridgehead atoms. The maximum absolute atomic E-state index is 11.7. The minimum absolute atomic E-state index is 0.348. The first-order valence-corrected chi connectivity index (χ1v) is 6.58. The summed E-state index contributed by atoms with van der Waals surface area (Å²) in [5.74, 6) is 0.362. The number of hydrogen-bond acceptors (Lipinski definition) is 6. The lowest BCUT2D eigenvalue weighted by atomic mass is 10.2. The van der Waals surface area contributed by atoms with Crippen molar-refractivity contribution >= 4 is 24.4 Å². The maximum Gasteiger partial charge on any atom is 0.427 e. The number of esters is 1. The molecule has 1 N–H and O–H groups in total. The molecule has 23 heavy (non-hydrogen) atoms. The van der Waals surface area contributed by atoms with Gasteiger partial charge in [-0.05, 0) is 35.9 Å². The largest absolute Gasteiger partial charge is 0.465 e. The van der Waals surface area contributed by atoms with E-state index in [1.165, 1.54) is 31.7 Å². The molecule has 2 rings (SSSR count). The molecule has 0 aliphatic rings. The second kappa shape index (κ2) is 8.18. The fraction of sp³-hybridized carbons (Fsp3) is 0.0625. The molecule has 1 aromatic carbocycles. The van der Waals surface area contributed by atoms with Crippen molar-refractivity contribution in [2.75, 3.05) is 7.11 Å². The summed E-state index contributed by atoms with van der Waals surface area (Å²) in [6, 6.07) is 10.1. The van der Waals surface area contributed by atoms with E-state index in [1.807, 2.05) is 0 Å². The highest BCUT2D eigenvalue weighted by atomic mass is 16.5. The molecule has 118 valence electrons. The molecule has 0 saturated heterocycles. The number of carbonyl (C=O) groups is 2. The van der Waals surface area contributed by atoms with Crippen LogP contribution in [-0.2, 0) is 9.53 Å². The fourth-order valence-electron chi connectivity index (χ4n) is 1.55. The first-order valence-electron chi connectivity index (χ1n) is 6.58. The van der Waals surface area contributed by atoms with Gasteiger partial charge in [0, 0.05) is 6.08 Å².